The Morgan fingerprint density at radius 2 is 1.90 bits per heavy atom. The first-order valence-corrected chi connectivity index (χ1v) is 11.1. The third-order valence-electron chi connectivity index (χ3n) is 5.54. The molecule has 0 bridgehead atoms. The quantitative estimate of drug-likeness (QED) is 0.491. The molecule has 150 valence electrons. The van der Waals surface area contributed by atoms with E-state index in [9.17, 15) is 0 Å². The second kappa shape index (κ2) is 8.28. The number of hydrogen-bond acceptors (Lipinski definition) is 2. The molecule has 1 fully saturated rings. The van der Waals surface area contributed by atoms with Crippen molar-refractivity contribution in [1.29, 1.82) is 0 Å². The van der Waals surface area contributed by atoms with E-state index in [1.54, 1.807) is 0 Å². The van der Waals surface area contributed by atoms with Crippen molar-refractivity contribution < 1.29 is 0 Å². The number of benzene rings is 1. The fraction of sp³-hybridized carbons (Fsp3) is 0.304. The maximum absolute atomic E-state index is 5.73. The maximum atomic E-state index is 5.73. The molecule has 0 saturated carbocycles. The van der Waals surface area contributed by atoms with Gasteiger partial charge >= 0.3 is 0 Å². The second-order valence-electron chi connectivity index (χ2n) is 7.46. The van der Waals surface area contributed by atoms with Gasteiger partial charge in [-0.2, -0.15) is 0 Å². The lowest BCUT2D eigenvalue weighted by Gasteiger charge is -2.27. The van der Waals surface area contributed by atoms with Crippen molar-refractivity contribution >= 4 is 33.3 Å². The largest absolute Gasteiger partial charge is 0.352 e. The normalized spacial score (nSPS) is 18.9. The zero-order valence-electron chi connectivity index (χ0n) is 16.9. The Labute approximate surface area is 186 Å². The highest BCUT2D eigenvalue weighted by Gasteiger charge is 2.40. The van der Waals surface area contributed by atoms with Gasteiger partial charge in [0, 0.05) is 34.3 Å². The van der Waals surface area contributed by atoms with Gasteiger partial charge in [0.1, 0.15) is 0 Å². The molecule has 3 heterocycles. The third kappa shape index (κ3) is 3.71. The Bertz CT molecular complexity index is 1010. The Morgan fingerprint density at radius 1 is 1.14 bits per heavy atom. The maximum Gasteiger partial charge on any atom is 0.170 e. The lowest BCUT2D eigenvalue weighted by atomic mass is 9.96. The van der Waals surface area contributed by atoms with E-state index in [1.807, 2.05) is 18.3 Å². The van der Waals surface area contributed by atoms with Crippen molar-refractivity contribution in [2.24, 2.45) is 0 Å². The topological polar surface area (TPSA) is 33.1 Å². The Hall–Kier alpha value is -2.18. The Morgan fingerprint density at radius 3 is 2.55 bits per heavy atom. The number of nitrogens with one attached hydrogen (secondary N) is 1. The molecule has 2 atom stereocenters. The van der Waals surface area contributed by atoms with Crippen molar-refractivity contribution in [3.8, 4) is 5.69 Å². The summed E-state index contributed by atoms with van der Waals surface area (Å²) in [6.45, 7) is 7.48. The molecule has 1 aliphatic rings. The van der Waals surface area contributed by atoms with Gasteiger partial charge in [0.25, 0.3) is 0 Å². The van der Waals surface area contributed by atoms with Crippen LogP contribution in [0.1, 0.15) is 48.1 Å². The first kappa shape index (κ1) is 20.1. The molecule has 4 nitrogen and oxygen atoms in total. The predicted octanol–water partition coefficient (Wildman–Crippen LogP) is 5.63. The zero-order chi connectivity index (χ0) is 20.5. The molecule has 6 heteroatoms. The van der Waals surface area contributed by atoms with Gasteiger partial charge in [-0.15, -0.1) is 0 Å². The molecule has 1 aliphatic heterocycles. The predicted molar refractivity (Wildman–Crippen MR) is 125 cm³/mol. The summed E-state index contributed by atoms with van der Waals surface area (Å²) in [6, 6.07) is 17.0. The van der Waals surface area contributed by atoms with Crippen LogP contribution in [0, 0.1) is 13.8 Å². The standard InChI is InChI=1S/C23H25BrN4S/c1-4-13-27-22(21(26-23(27)29)20-7-5-6-12-25-20)19-14-15(2)28(16(19)3)18-10-8-17(24)9-11-18/h5-12,14,21-22H,4,13H2,1-3H3,(H,26,29). The summed E-state index contributed by atoms with van der Waals surface area (Å²) in [5.74, 6) is 0. The van der Waals surface area contributed by atoms with Crippen LogP contribution in [-0.2, 0) is 0 Å². The molecule has 1 N–H and O–H groups in total. The van der Waals surface area contributed by atoms with E-state index in [0.29, 0.717) is 0 Å². The van der Waals surface area contributed by atoms with Crippen LogP contribution in [0.5, 0.6) is 0 Å². The van der Waals surface area contributed by atoms with Crippen molar-refractivity contribution in [1.82, 2.24) is 19.8 Å². The highest BCUT2D eigenvalue weighted by molar-refractivity contribution is 9.10. The summed E-state index contributed by atoms with van der Waals surface area (Å²) in [6.07, 6.45) is 2.89. The summed E-state index contributed by atoms with van der Waals surface area (Å²) in [5.41, 5.74) is 5.94. The van der Waals surface area contributed by atoms with Gasteiger partial charge in [0.2, 0.25) is 0 Å². The molecule has 0 spiro atoms. The van der Waals surface area contributed by atoms with Gasteiger partial charge < -0.3 is 14.8 Å². The van der Waals surface area contributed by atoms with Gasteiger partial charge in [-0.1, -0.05) is 28.9 Å². The summed E-state index contributed by atoms with van der Waals surface area (Å²) in [7, 11) is 0. The highest BCUT2D eigenvalue weighted by Crippen LogP contribution is 2.41. The number of pyridine rings is 1. The van der Waals surface area contributed by atoms with Crippen molar-refractivity contribution in [2.45, 2.75) is 39.3 Å². The molecular formula is C23H25BrN4S. The van der Waals surface area contributed by atoms with Crippen LogP contribution in [0.4, 0.5) is 0 Å². The van der Waals surface area contributed by atoms with Crippen LogP contribution in [-0.4, -0.2) is 26.1 Å². The van der Waals surface area contributed by atoms with Crippen molar-refractivity contribution in [3.05, 3.63) is 81.8 Å². The molecule has 0 amide bonds. The van der Waals surface area contributed by atoms with Gasteiger partial charge in [0.15, 0.2) is 5.11 Å². The summed E-state index contributed by atoms with van der Waals surface area (Å²) in [5, 5.41) is 4.34. The molecule has 29 heavy (non-hydrogen) atoms. The molecule has 2 aromatic heterocycles. The molecule has 1 aromatic carbocycles. The number of aryl methyl sites for hydroxylation is 1. The van der Waals surface area contributed by atoms with E-state index in [1.165, 1.54) is 22.6 Å². The summed E-state index contributed by atoms with van der Waals surface area (Å²) in [4.78, 5) is 6.95. The van der Waals surface area contributed by atoms with E-state index in [4.69, 9.17) is 12.2 Å². The molecule has 2 unspecified atom stereocenters. The Kier molecular flexibility index (Phi) is 5.74. The summed E-state index contributed by atoms with van der Waals surface area (Å²) < 4.78 is 3.40. The first-order valence-electron chi connectivity index (χ1n) is 9.94. The van der Waals surface area contributed by atoms with Crippen LogP contribution >= 0.6 is 28.1 Å². The first-order chi connectivity index (χ1) is 14.0. The van der Waals surface area contributed by atoms with E-state index >= 15 is 0 Å². The number of hydrogen-bond donors (Lipinski definition) is 1. The molecule has 0 radical (unpaired) electrons. The van der Waals surface area contributed by atoms with Crippen molar-refractivity contribution in [3.63, 3.8) is 0 Å². The zero-order valence-corrected chi connectivity index (χ0v) is 19.3. The number of thiocarbonyl (C=S) groups is 1. The minimum Gasteiger partial charge on any atom is -0.352 e. The number of halogens is 1. The van der Waals surface area contributed by atoms with Gasteiger partial charge in [-0.05, 0) is 80.5 Å². The molecular weight excluding hydrogens is 444 g/mol. The fourth-order valence-electron chi connectivity index (χ4n) is 4.30. The number of aromatic nitrogens is 2. The van der Waals surface area contributed by atoms with Crippen LogP contribution in [0.2, 0.25) is 0 Å². The minimum absolute atomic E-state index is 0.0362. The van der Waals surface area contributed by atoms with Gasteiger partial charge in [-0.25, -0.2) is 0 Å². The fourth-order valence-corrected chi connectivity index (χ4v) is 4.90. The van der Waals surface area contributed by atoms with Crippen LogP contribution in [0.25, 0.3) is 5.69 Å². The van der Waals surface area contributed by atoms with E-state index in [2.05, 4.69) is 92.9 Å². The van der Waals surface area contributed by atoms with Crippen molar-refractivity contribution in [2.75, 3.05) is 6.54 Å². The smallest absolute Gasteiger partial charge is 0.170 e. The number of nitrogens with zero attached hydrogens (tertiary/aromatic N) is 3. The SMILES string of the molecule is CCCN1C(=S)NC(c2ccccn2)C1c1cc(C)n(-c2ccc(Br)cc2)c1C. The lowest BCUT2D eigenvalue weighted by molar-refractivity contribution is 0.316. The minimum atomic E-state index is 0.0362. The molecule has 4 rings (SSSR count). The molecule has 3 aromatic rings. The van der Waals surface area contributed by atoms with Crippen LogP contribution in [0.15, 0.2) is 59.2 Å². The highest BCUT2D eigenvalue weighted by atomic mass is 79.9. The average molecular weight is 469 g/mol. The second-order valence-corrected chi connectivity index (χ2v) is 8.76. The molecule has 0 aliphatic carbocycles. The summed E-state index contributed by atoms with van der Waals surface area (Å²) >= 11 is 9.26. The Balaban J connectivity index is 1.82. The van der Waals surface area contributed by atoms with Crippen LogP contribution in [0.3, 0.4) is 0 Å². The molecule has 1 saturated heterocycles. The van der Waals surface area contributed by atoms with Crippen LogP contribution < -0.4 is 5.32 Å². The van der Waals surface area contributed by atoms with E-state index < -0.39 is 0 Å². The average Bonchev–Trinajstić information content (AvgIpc) is 3.20. The van der Waals surface area contributed by atoms with Gasteiger partial charge in [-0.3, -0.25) is 4.98 Å². The lowest BCUT2D eigenvalue weighted by Crippen LogP contribution is -2.30. The van der Waals surface area contributed by atoms with Gasteiger partial charge in [0.05, 0.1) is 17.8 Å². The van der Waals surface area contributed by atoms with E-state index in [-0.39, 0.29) is 12.1 Å². The third-order valence-corrected chi connectivity index (χ3v) is 6.42. The van der Waals surface area contributed by atoms with E-state index in [0.717, 1.165) is 28.2 Å². The monoisotopic (exact) mass is 468 g/mol. The number of rotatable bonds is 5.